The zero-order chi connectivity index (χ0) is 14.0. The lowest BCUT2D eigenvalue weighted by Gasteiger charge is -2.09. The van der Waals surface area contributed by atoms with Crippen LogP contribution in [-0.2, 0) is 0 Å². The lowest BCUT2D eigenvalue weighted by Crippen LogP contribution is -2.19. The Kier molecular flexibility index (Phi) is 3.57. The molecule has 0 aromatic carbocycles. The van der Waals surface area contributed by atoms with Crippen molar-refractivity contribution in [3.63, 3.8) is 0 Å². The van der Waals surface area contributed by atoms with E-state index < -0.39 is 0 Å². The smallest absolute Gasteiger partial charge is 0.344 e. The number of rotatable bonds is 3. The van der Waals surface area contributed by atoms with Crippen LogP contribution in [-0.4, -0.2) is 19.7 Å². The van der Waals surface area contributed by atoms with Crippen molar-refractivity contribution in [1.82, 2.24) is 19.7 Å². The number of hydrogen-bond acceptors (Lipinski definition) is 6. The van der Waals surface area contributed by atoms with Gasteiger partial charge in [0.05, 0.1) is 11.3 Å². The van der Waals surface area contributed by atoms with Gasteiger partial charge < -0.3 is 5.73 Å². The van der Waals surface area contributed by atoms with E-state index >= 15 is 0 Å². The van der Waals surface area contributed by atoms with Gasteiger partial charge in [-0.25, -0.2) is 14.9 Å². The summed E-state index contributed by atoms with van der Waals surface area (Å²) in [5, 5.41) is 16.2. The van der Waals surface area contributed by atoms with Crippen molar-refractivity contribution in [3.05, 3.63) is 28.3 Å². The third-order valence-corrected chi connectivity index (χ3v) is 3.44. The number of anilines is 1. The number of nitrogens with zero attached hydrogens (tertiary/aromatic N) is 4. The maximum atomic E-state index is 11.6. The monoisotopic (exact) mass is 276 g/mol. The predicted octanol–water partition coefficient (Wildman–Crippen LogP) is 1.15. The van der Waals surface area contributed by atoms with E-state index in [0.29, 0.717) is 21.4 Å². The Bertz CT molecular complexity index is 696. The fourth-order valence-corrected chi connectivity index (χ4v) is 2.53. The van der Waals surface area contributed by atoms with Gasteiger partial charge in [-0.05, 0) is 31.7 Å². The molecular weight excluding hydrogens is 264 g/mol. The molecule has 8 heteroatoms. The lowest BCUT2D eigenvalue weighted by atomic mass is 10.2. The Morgan fingerprint density at radius 2 is 2.32 bits per heavy atom. The number of hydrogen-bond donors (Lipinski definition) is 2. The minimum atomic E-state index is -0.285. The first kappa shape index (κ1) is 13.2. The van der Waals surface area contributed by atoms with Crippen molar-refractivity contribution in [2.45, 2.75) is 30.1 Å². The second kappa shape index (κ2) is 5.16. The van der Waals surface area contributed by atoms with Gasteiger partial charge in [-0.1, -0.05) is 0 Å². The SMILES string of the molecule is CC(C)n1c(Sc2nccc(C#N)c2N)n[nH]c1=O. The van der Waals surface area contributed by atoms with Crippen molar-refractivity contribution in [1.29, 1.82) is 5.26 Å². The molecule has 0 aliphatic heterocycles. The summed E-state index contributed by atoms with van der Waals surface area (Å²) in [5.41, 5.74) is 6.20. The number of nitriles is 1. The fraction of sp³-hybridized carbons (Fsp3) is 0.273. The fourth-order valence-electron chi connectivity index (χ4n) is 1.54. The van der Waals surface area contributed by atoms with Gasteiger partial charge in [0.2, 0.25) is 0 Å². The second-order valence-electron chi connectivity index (χ2n) is 4.07. The average molecular weight is 276 g/mol. The van der Waals surface area contributed by atoms with Crippen molar-refractivity contribution in [2.75, 3.05) is 5.73 Å². The highest BCUT2D eigenvalue weighted by Crippen LogP contribution is 2.30. The minimum Gasteiger partial charge on any atom is -0.395 e. The van der Waals surface area contributed by atoms with Crippen LogP contribution in [0.2, 0.25) is 0 Å². The first-order chi connectivity index (χ1) is 9.04. The van der Waals surface area contributed by atoms with E-state index in [9.17, 15) is 4.79 Å². The molecule has 0 amide bonds. The molecular formula is C11H12N6OS. The number of nitrogens with two attached hydrogens (primary N) is 1. The highest BCUT2D eigenvalue weighted by molar-refractivity contribution is 7.99. The molecule has 2 heterocycles. The van der Waals surface area contributed by atoms with E-state index in [2.05, 4.69) is 15.2 Å². The Morgan fingerprint density at radius 3 is 2.95 bits per heavy atom. The van der Waals surface area contributed by atoms with Crippen molar-refractivity contribution < 1.29 is 0 Å². The summed E-state index contributed by atoms with van der Waals surface area (Å²) < 4.78 is 1.50. The summed E-state index contributed by atoms with van der Waals surface area (Å²) in [7, 11) is 0. The molecule has 2 rings (SSSR count). The maximum Gasteiger partial charge on any atom is 0.344 e. The van der Waals surface area contributed by atoms with Crippen LogP contribution >= 0.6 is 11.8 Å². The van der Waals surface area contributed by atoms with Gasteiger partial charge in [0, 0.05) is 12.2 Å². The molecule has 7 nitrogen and oxygen atoms in total. The number of aromatic amines is 1. The van der Waals surface area contributed by atoms with Crippen LogP contribution < -0.4 is 11.4 Å². The van der Waals surface area contributed by atoms with Crippen LogP contribution in [0, 0.1) is 11.3 Å². The minimum absolute atomic E-state index is 0.0332. The third kappa shape index (κ3) is 2.46. The molecule has 0 aliphatic carbocycles. The summed E-state index contributed by atoms with van der Waals surface area (Å²) >= 11 is 1.15. The summed E-state index contributed by atoms with van der Waals surface area (Å²) in [6.07, 6.45) is 1.50. The van der Waals surface area contributed by atoms with Gasteiger partial charge in [-0.15, -0.1) is 5.10 Å². The highest BCUT2D eigenvalue weighted by atomic mass is 32.2. The quantitative estimate of drug-likeness (QED) is 0.869. The number of nitrogens with one attached hydrogen (secondary N) is 1. The molecule has 2 aromatic heterocycles. The molecule has 0 radical (unpaired) electrons. The molecule has 2 aromatic rings. The zero-order valence-electron chi connectivity index (χ0n) is 10.4. The van der Waals surface area contributed by atoms with Crippen molar-refractivity contribution in [2.24, 2.45) is 0 Å². The van der Waals surface area contributed by atoms with Gasteiger partial charge in [-0.3, -0.25) is 4.57 Å². The highest BCUT2D eigenvalue weighted by Gasteiger charge is 2.15. The van der Waals surface area contributed by atoms with Gasteiger partial charge >= 0.3 is 5.69 Å². The summed E-state index contributed by atoms with van der Waals surface area (Å²) in [5.74, 6) is 0. The molecule has 0 spiro atoms. The summed E-state index contributed by atoms with van der Waals surface area (Å²) in [6.45, 7) is 3.76. The standard InChI is InChI=1S/C11H12N6OS/c1-6(2)17-10(18)15-16-11(17)19-9-8(13)7(5-12)3-4-14-9/h3-4,6H,13H2,1-2H3,(H,15,18). The second-order valence-corrected chi connectivity index (χ2v) is 5.02. The molecule has 3 N–H and O–H groups in total. The molecule has 0 unspecified atom stereocenters. The molecule has 19 heavy (non-hydrogen) atoms. The number of aromatic nitrogens is 4. The van der Waals surface area contributed by atoms with E-state index in [1.54, 1.807) is 6.07 Å². The number of nitrogen functional groups attached to an aromatic ring is 1. The van der Waals surface area contributed by atoms with E-state index in [4.69, 9.17) is 11.0 Å². The Morgan fingerprint density at radius 1 is 1.58 bits per heavy atom. The van der Waals surface area contributed by atoms with E-state index in [1.165, 1.54) is 10.8 Å². The van der Waals surface area contributed by atoms with Crippen LogP contribution in [0.4, 0.5) is 5.69 Å². The predicted molar refractivity (Wildman–Crippen MR) is 70.7 cm³/mol. The number of pyridine rings is 1. The molecule has 0 bridgehead atoms. The van der Waals surface area contributed by atoms with Gasteiger partial charge in [-0.2, -0.15) is 5.26 Å². The molecule has 0 saturated carbocycles. The maximum absolute atomic E-state index is 11.6. The van der Waals surface area contributed by atoms with E-state index in [0.717, 1.165) is 11.8 Å². The lowest BCUT2D eigenvalue weighted by molar-refractivity contribution is 0.534. The zero-order valence-corrected chi connectivity index (χ0v) is 11.2. The van der Waals surface area contributed by atoms with E-state index in [1.807, 2.05) is 19.9 Å². The largest absolute Gasteiger partial charge is 0.395 e. The topological polar surface area (TPSA) is 113 Å². The molecule has 0 aliphatic rings. The van der Waals surface area contributed by atoms with E-state index in [-0.39, 0.29) is 11.7 Å². The van der Waals surface area contributed by atoms with Gasteiger partial charge in [0.25, 0.3) is 0 Å². The summed E-state index contributed by atoms with van der Waals surface area (Å²) in [4.78, 5) is 15.7. The van der Waals surface area contributed by atoms with Crippen molar-refractivity contribution >= 4 is 17.4 Å². The van der Waals surface area contributed by atoms with Crippen LogP contribution in [0.5, 0.6) is 0 Å². The average Bonchev–Trinajstić information content (AvgIpc) is 2.73. The van der Waals surface area contributed by atoms with Crippen molar-refractivity contribution in [3.8, 4) is 6.07 Å². The van der Waals surface area contributed by atoms with Crippen LogP contribution in [0.1, 0.15) is 25.5 Å². The third-order valence-electron chi connectivity index (χ3n) is 2.45. The normalized spacial score (nSPS) is 10.6. The van der Waals surface area contributed by atoms with Crippen LogP contribution in [0.25, 0.3) is 0 Å². The molecule has 0 fully saturated rings. The summed E-state index contributed by atoms with van der Waals surface area (Å²) in [6, 6.07) is 3.50. The first-order valence-electron chi connectivity index (χ1n) is 5.54. The Balaban J connectivity index is 2.43. The molecule has 98 valence electrons. The molecule has 0 saturated heterocycles. The Hall–Kier alpha value is -2.27. The van der Waals surface area contributed by atoms with Gasteiger partial charge in [0.1, 0.15) is 11.1 Å². The van der Waals surface area contributed by atoms with Crippen LogP contribution in [0.3, 0.4) is 0 Å². The molecule has 0 atom stereocenters. The Labute approximate surface area is 113 Å². The first-order valence-corrected chi connectivity index (χ1v) is 6.35. The van der Waals surface area contributed by atoms with Crippen LogP contribution in [0.15, 0.2) is 27.2 Å². The van der Waals surface area contributed by atoms with Gasteiger partial charge in [0.15, 0.2) is 5.16 Å². The number of H-pyrrole nitrogens is 1.